The molecule has 0 N–H and O–H groups in total. The second-order valence-corrected chi connectivity index (χ2v) is 5.85. The first-order valence-corrected chi connectivity index (χ1v) is 8.17. The van der Waals surface area contributed by atoms with Gasteiger partial charge in [0.15, 0.2) is 0 Å². The minimum absolute atomic E-state index is 0.292. The summed E-state index contributed by atoms with van der Waals surface area (Å²) in [4.78, 5) is 15.3. The van der Waals surface area contributed by atoms with Gasteiger partial charge in [-0.2, -0.15) is 0 Å². The molecule has 0 aliphatic carbocycles. The Morgan fingerprint density at radius 2 is 1.67 bits per heavy atom. The van der Waals surface area contributed by atoms with Crippen molar-refractivity contribution in [2.45, 2.75) is 44.9 Å². The summed E-state index contributed by atoms with van der Waals surface area (Å²) in [6.07, 6.45) is 3.60. The van der Waals surface area contributed by atoms with Gasteiger partial charge in [0, 0.05) is 26.3 Å². The van der Waals surface area contributed by atoms with Gasteiger partial charge in [0.05, 0.1) is 5.41 Å². The molecule has 3 nitrogen and oxygen atoms in total. The molecular weight excluding hydrogens is 262 g/mol. The summed E-state index contributed by atoms with van der Waals surface area (Å²) in [5.41, 5.74) is 0.764. The molecule has 0 spiro atoms. The number of ether oxygens (including phenoxy) is 1. The molecule has 1 fully saturated rings. The van der Waals surface area contributed by atoms with Gasteiger partial charge in [-0.05, 0) is 31.2 Å². The highest BCUT2D eigenvalue weighted by Crippen LogP contribution is 2.36. The molecule has 1 aliphatic heterocycles. The predicted octanol–water partition coefficient (Wildman–Crippen LogP) is 3.38. The first kappa shape index (κ1) is 16.0. The number of hydrogen-bond acceptors (Lipinski definition) is 2. The third-order valence-corrected chi connectivity index (χ3v) is 4.36. The summed E-state index contributed by atoms with van der Waals surface area (Å²) in [5.74, 6) is 0.292. The third-order valence-electron chi connectivity index (χ3n) is 4.36. The summed E-state index contributed by atoms with van der Waals surface area (Å²) < 4.78 is 5.53. The lowest BCUT2D eigenvalue weighted by molar-refractivity contribution is -0.141. The van der Waals surface area contributed by atoms with Crippen LogP contribution in [0.2, 0.25) is 0 Å². The zero-order valence-corrected chi connectivity index (χ0v) is 13.3. The van der Waals surface area contributed by atoms with Crippen molar-refractivity contribution in [3.05, 3.63) is 35.9 Å². The van der Waals surface area contributed by atoms with E-state index < -0.39 is 0 Å². The predicted molar refractivity (Wildman–Crippen MR) is 85.3 cm³/mol. The fraction of sp³-hybridized carbons (Fsp3) is 0.611. The number of amides is 1. The van der Waals surface area contributed by atoms with E-state index in [1.807, 2.05) is 18.2 Å². The van der Waals surface area contributed by atoms with Crippen LogP contribution < -0.4 is 0 Å². The van der Waals surface area contributed by atoms with E-state index in [0.717, 1.165) is 44.3 Å². The molecule has 0 saturated carbocycles. The summed E-state index contributed by atoms with van der Waals surface area (Å²) in [5, 5.41) is 0. The van der Waals surface area contributed by atoms with E-state index in [4.69, 9.17) is 4.74 Å². The van der Waals surface area contributed by atoms with Crippen LogP contribution in [0.5, 0.6) is 0 Å². The Bertz CT molecular complexity index is 432. The molecule has 3 heteroatoms. The van der Waals surface area contributed by atoms with E-state index >= 15 is 0 Å². The zero-order chi connectivity index (χ0) is 15.1. The molecule has 1 saturated heterocycles. The van der Waals surface area contributed by atoms with Gasteiger partial charge in [-0.15, -0.1) is 0 Å². The molecule has 0 radical (unpaired) electrons. The lowest BCUT2D eigenvalue weighted by atomic mass is 9.73. The maximum Gasteiger partial charge on any atom is 0.233 e. The summed E-state index contributed by atoms with van der Waals surface area (Å²) in [7, 11) is 0. The zero-order valence-electron chi connectivity index (χ0n) is 13.3. The highest BCUT2D eigenvalue weighted by Gasteiger charge is 2.43. The van der Waals surface area contributed by atoms with Crippen LogP contribution in [0.15, 0.2) is 30.3 Å². The third kappa shape index (κ3) is 3.46. The van der Waals surface area contributed by atoms with Crippen LogP contribution in [-0.2, 0) is 14.9 Å². The van der Waals surface area contributed by atoms with Gasteiger partial charge in [0.2, 0.25) is 5.91 Å². The van der Waals surface area contributed by atoms with Gasteiger partial charge in [0.1, 0.15) is 0 Å². The Hall–Kier alpha value is -1.35. The molecule has 2 rings (SSSR count). The molecule has 0 bridgehead atoms. The average molecular weight is 289 g/mol. The lowest BCUT2D eigenvalue weighted by Crippen LogP contribution is -2.50. The Balaban J connectivity index is 2.32. The van der Waals surface area contributed by atoms with Crippen LogP contribution in [0.25, 0.3) is 0 Å². The summed E-state index contributed by atoms with van der Waals surface area (Å²) in [6.45, 7) is 7.31. The summed E-state index contributed by atoms with van der Waals surface area (Å²) in [6, 6.07) is 10.3. The molecule has 116 valence electrons. The second kappa shape index (κ2) is 7.60. The fourth-order valence-corrected chi connectivity index (χ4v) is 3.26. The average Bonchev–Trinajstić information content (AvgIpc) is 2.55. The van der Waals surface area contributed by atoms with Crippen molar-refractivity contribution in [1.82, 2.24) is 4.90 Å². The van der Waals surface area contributed by atoms with Crippen LogP contribution in [-0.4, -0.2) is 37.1 Å². The topological polar surface area (TPSA) is 29.5 Å². The molecule has 21 heavy (non-hydrogen) atoms. The highest BCUT2D eigenvalue weighted by atomic mass is 16.5. The van der Waals surface area contributed by atoms with Crippen LogP contribution >= 0.6 is 0 Å². The van der Waals surface area contributed by atoms with E-state index in [9.17, 15) is 4.79 Å². The van der Waals surface area contributed by atoms with Crippen LogP contribution in [0, 0.1) is 0 Å². The molecule has 1 heterocycles. The van der Waals surface area contributed by atoms with Crippen molar-refractivity contribution in [3.63, 3.8) is 0 Å². The Morgan fingerprint density at radius 3 is 2.19 bits per heavy atom. The van der Waals surface area contributed by atoms with Crippen molar-refractivity contribution in [2.24, 2.45) is 0 Å². The molecule has 1 aromatic carbocycles. The van der Waals surface area contributed by atoms with Crippen LogP contribution in [0.3, 0.4) is 0 Å². The first-order chi connectivity index (χ1) is 10.2. The molecule has 1 aliphatic rings. The molecule has 1 amide bonds. The summed E-state index contributed by atoms with van der Waals surface area (Å²) >= 11 is 0. The normalized spacial score (nSPS) is 17.4. The molecular formula is C18H27NO2. The van der Waals surface area contributed by atoms with Gasteiger partial charge in [0.25, 0.3) is 0 Å². The smallest absolute Gasteiger partial charge is 0.233 e. The number of carbonyl (C=O) groups is 1. The first-order valence-electron chi connectivity index (χ1n) is 8.17. The number of benzene rings is 1. The maximum atomic E-state index is 13.3. The van der Waals surface area contributed by atoms with Gasteiger partial charge in [-0.25, -0.2) is 0 Å². The monoisotopic (exact) mass is 289 g/mol. The van der Waals surface area contributed by atoms with E-state index in [1.54, 1.807) is 0 Å². The maximum absolute atomic E-state index is 13.3. The second-order valence-electron chi connectivity index (χ2n) is 5.85. The van der Waals surface area contributed by atoms with Crippen molar-refractivity contribution < 1.29 is 9.53 Å². The molecule has 0 atom stereocenters. The number of rotatable bonds is 6. The standard InChI is InChI=1S/C18H27NO2/c1-3-12-19(13-4-2)17(20)18(10-14-21-15-11-18)16-8-6-5-7-9-16/h5-9H,3-4,10-15H2,1-2H3. The molecule has 0 unspecified atom stereocenters. The van der Waals surface area contributed by atoms with E-state index in [1.165, 1.54) is 0 Å². The van der Waals surface area contributed by atoms with Gasteiger partial charge >= 0.3 is 0 Å². The van der Waals surface area contributed by atoms with Gasteiger partial charge in [-0.3, -0.25) is 4.79 Å². The van der Waals surface area contributed by atoms with Crippen molar-refractivity contribution >= 4 is 5.91 Å². The number of carbonyl (C=O) groups excluding carboxylic acids is 1. The van der Waals surface area contributed by atoms with Gasteiger partial charge in [-0.1, -0.05) is 44.2 Å². The van der Waals surface area contributed by atoms with Gasteiger partial charge < -0.3 is 9.64 Å². The van der Waals surface area contributed by atoms with Crippen molar-refractivity contribution in [3.8, 4) is 0 Å². The fourth-order valence-electron chi connectivity index (χ4n) is 3.26. The quantitative estimate of drug-likeness (QED) is 0.803. The SMILES string of the molecule is CCCN(CCC)C(=O)C1(c2ccccc2)CCOCC1. The van der Waals surface area contributed by atoms with E-state index in [0.29, 0.717) is 19.1 Å². The van der Waals surface area contributed by atoms with Crippen LogP contribution in [0.4, 0.5) is 0 Å². The van der Waals surface area contributed by atoms with Crippen LogP contribution in [0.1, 0.15) is 45.1 Å². The number of hydrogen-bond donors (Lipinski definition) is 0. The van der Waals surface area contributed by atoms with Crippen molar-refractivity contribution in [2.75, 3.05) is 26.3 Å². The van der Waals surface area contributed by atoms with Crippen molar-refractivity contribution in [1.29, 1.82) is 0 Å². The largest absolute Gasteiger partial charge is 0.381 e. The Morgan fingerprint density at radius 1 is 1.10 bits per heavy atom. The Kier molecular flexibility index (Phi) is 5.80. The lowest BCUT2D eigenvalue weighted by Gasteiger charge is -2.40. The number of nitrogens with zero attached hydrogens (tertiary/aromatic N) is 1. The minimum atomic E-state index is -0.385. The van der Waals surface area contributed by atoms with E-state index in [2.05, 4.69) is 30.9 Å². The highest BCUT2D eigenvalue weighted by molar-refractivity contribution is 5.88. The Labute approximate surface area is 128 Å². The minimum Gasteiger partial charge on any atom is -0.381 e. The van der Waals surface area contributed by atoms with E-state index in [-0.39, 0.29) is 5.41 Å². The molecule has 0 aromatic heterocycles. The molecule has 1 aromatic rings.